The second-order valence-electron chi connectivity index (χ2n) is 3.58. The van der Waals surface area contributed by atoms with E-state index in [4.69, 9.17) is 4.42 Å². The van der Waals surface area contributed by atoms with Crippen molar-refractivity contribution in [2.45, 2.75) is 13.5 Å². The molecule has 0 spiro atoms. The molecule has 2 rings (SSSR count). The Kier molecular flexibility index (Phi) is 2.82. The maximum Gasteiger partial charge on any atom is 0.243 e. The minimum absolute atomic E-state index is 0.0654. The molecule has 2 aromatic rings. The van der Waals surface area contributed by atoms with Gasteiger partial charge >= 0.3 is 0 Å². The van der Waals surface area contributed by atoms with Gasteiger partial charge in [-0.3, -0.25) is 4.79 Å². The highest BCUT2D eigenvalue weighted by atomic mass is 16.3. The summed E-state index contributed by atoms with van der Waals surface area (Å²) >= 11 is 0. The average molecular weight is 232 g/mol. The summed E-state index contributed by atoms with van der Waals surface area (Å²) < 4.78 is 5.40. The highest BCUT2D eigenvalue weighted by Gasteiger charge is 2.12. The van der Waals surface area contributed by atoms with Crippen LogP contribution in [0.15, 0.2) is 29.2 Å². The summed E-state index contributed by atoms with van der Waals surface area (Å²) in [6.07, 6.45) is 1.20. The number of phenols is 1. The van der Waals surface area contributed by atoms with Crippen LogP contribution in [0, 0.1) is 6.92 Å². The molecule has 0 unspecified atom stereocenters. The lowest BCUT2D eigenvalue weighted by Gasteiger charge is -2.03. The molecule has 0 aliphatic heterocycles. The van der Waals surface area contributed by atoms with E-state index in [-0.39, 0.29) is 11.7 Å². The molecular formula is C12H12N2O3. The summed E-state index contributed by atoms with van der Waals surface area (Å²) in [5.41, 5.74) is 1.66. The van der Waals surface area contributed by atoms with Crippen LogP contribution in [0.1, 0.15) is 11.5 Å². The van der Waals surface area contributed by atoms with Gasteiger partial charge in [-0.2, -0.15) is 0 Å². The number of nitrogens with zero attached hydrogens (tertiary/aromatic N) is 1. The number of amides is 1. The number of fused-ring (bicyclic) bond motifs is 1. The van der Waals surface area contributed by atoms with E-state index in [2.05, 4.69) is 16.9 Å². The van der Waals surface area contributed by atoms with Gasteiger partial charge in [0.1, 0.15) is 5.75 Å². The predicted molar refractivity (Wildman–Crippen MR) is 62.5 cm³/mol. The third-order valence-electron chi connectivity index (χ3n) is 2.35. The number of phenolic OH excluding ortho intramolecular Hbond substituents is 1. The molecule has 2 N–H and O–H groups in total. The van der Waals surface area contributed by atoms with Gasteiger partial charge < -0.3 is 14.8 Å². The number of carbonyl (C=O) groups is 1. The first-order chi connectivity index (χ1) is 8.11. The zero-order chi connectivity index (χ0) is 12.4. The number of aromatic nitrogens is 1. The van der Waals surface area contributed by atoms with E-state index in [1.54, 1.807) is 13.0 Å². The predicted octanol–water partition coefficient (Wildman–Crippen LogP) is 1.64. The molecule has 1 heterocycles. The first-order valence-corrected chi connectivity index (χ1v) is 5.10. The molecule has 0 aliphatic carbocycles. The molecule has 5 nitrogen and oxygen atoms in total. The fourth-order valence-corrected chi connectivity index (χ4v) is 1.55. The number of oxazole rings is 1. The maximum absolute atomic E-state index is 11.1. The van der Waals surface area contributed by atoms with Crippen molar-refractivity contribution in [3.05, 3.63) is 36.2 Å². The fraction of sp³-hybridized carbons (Fsp3) is 0.167. The Morgan fingerprint density at radius 3 is 3.12 bits per heavy atom. The van der Waals surface area contributed by atoms with Crippen molar-refractivity contribution < 1.29 is 14.3 Å². The smallest absolute Gasteiger partial charge is 0.243 e. The Morgan fingerprint density at radius 1 is 1.65 bits per heavy atom. The van der Waals surface area contributed by atoms with E-state index in [0.717, 1.165) is 5.56 Å². The lowest BCUT2D eigenvalue weighted by atomic mass is 10.2. The topological polar surface area (TPSA) is 75.4 Å². The first-order valence-electron chi connectivity index (χ1n) is 5.10. The van der Waals surface area contributed by atoms with E-state index >= 15 is 0 Å². The van der Waals surface area contributed by atoms with Gasteiger partial charge in [-0.05, 0) is 18.2 Å². The Bertz CT molecular complexity index is 587. The third kappa shape index (κ3) is 2.13. The van der Waals surface area contributed by atoms with E-state index in [1.165, 1.54) is 12.1 Å². The maximum atomic E-state index is 11.1. The molecule has 0 saturated heterocycles. The van der Waals surface area contributed by atoms with Crippen LogP contribution in [0.25, 0.3) is 11.1 Å². The van der Waals surface area contributed by atoms with Crippen LogP contribution >= 0.6 is 0 Å². The molecule has 1 aromatic carbocycles. The highest BCUT2D eigenvalue weighted by Crippen LogP contribution is 2.27. The average Bonchev–Trinajstić information content (AvgIpc) is 2.70. The van der Waals surface area contributed by atoms with Crippen molar-refractivity contribution in [1.29, 1.82) is 0 Å². The minimum Gasteiger partial charge on any atom is -0.506 e. The van der Waals surface area contributed by atoms with Gasteiger partial charge in [-0.1, -0.05) is 6.58 Å². The molecule has 0 saturated carbocycles. The van der Waals surface area contributed by atoms with Gasteiger partial charge in [0.25, 0.3) is 0 Å². The lowest BCUT2D eigenvalue weighted by molar-refractivity contribution is -0.116. The second-order valence-corrected chi connectivity index (χ2v) is 3.58. The number of nitrogens with one attached hydrogen (secondary N) is 1. The van der Waals surface area contributed by atoms with Crippen LogP contribution in [0.5, 0.6) is 5.75 Å². The largest absolute Gasteiger partial charge is 0.506 e. The summed E-state index contributed by atoms with van der Waals surface area (Å²) in [5.74, 6) is 0.274. The normalized spacial score (nSPS) is 10.4. The molecule has 1 aromatic heterocycles. The zero-order valence-corrected chi connectivity index (χ0v) is 9.36. The monoisotopic (exact) mass is 232 g/mol. The second kappa shape index (κ2) is 4.29. The zero-order valence-electron chi connectivity index (χ0n) is 9.36. The summed E-state index contributed by atoms with van der Waals surface area (Å²) in [7, 11) is 0. The summed E-state index contributed by atoms with van der Waals surface area (Å²) in [6, 6.07) is 3.21. The Hall–Kier alpha value is -2.30. The Balaban J connectivity index is 2.37. The van der Waals surface area contributed by atoms with Crippen molar-refractivity contribution >= 4 is 17.0 Å². The van der Waals surface area contributed by atoms with Crippen LogP contribution in [0.4, 0.5) is 0 Å². The van der Waals surface area contributed by atoms with Crippen molar-refractivity contribution in [3.63, 3.8) is 0 Å². The molecule has 0 bridgehead atoms. The van der Waals surface area contributed by atoms with Crippen LogP contribution in [-0.4, -0.2) is 16.0 Å². The standard InChI is InChI=1S/C12H12N2O3/c1-3-10(16)13-6-8-4-5-9(15)11-12(8)17-7(2)14-11/h3-5,15H,1,6H2,2H3,(H,13,16). The molecule has 0 radical (unpaired) electrons. The number of rotatable bonds is 3. The van der Waals surface area contributed by atoms with Gasteiger partial charge in [0.05, 0.1) is 0 Å². The number of hydrogen-bond donors (Lipinski definition) is 2. The molecule has 88 valence electrons. The van der Waals surface area contributed by atoms with Gasteiger partial charge in [-0.25, -0.2) is 4.98 Å². The van der Waals surface area contributed by atoms with Gasteiger partial charge in [0.15, 0.2) is 17.0 Å². The van der Waals surface area contributed by atoms with Crippen molar-refractivity contribution in [3.8, 4) is 5.75 Å². The molecular weight excluding hydrogens is 220 g/mol. The number of aryl methyl sites for hydroxylation is 1. The Labute approximate surface area is 97.8 Å². The number of aromatic hydroxyl groups is 1. The van der Waals surface area contributed by atoms with Crippen molar-refractivity contribution in [2.24, 2.45) is 0 Å². The minimum atomic E-state index is -0.262. The summed E-state index contributed by atoms with van der Waals surface area (Å²) in [6.45, 7) is 5.37. The molecule has 0 fully saturated rings. The summed E-state index contributed by atoms with van der Waals surface area (Å²) in [4.78, 5) is 15.1. The number of carbonyl (C=O) groups excluding carboxylic acids is 1. The molecule has 5 heteroatoms. The Morgan fingerprint density at radius 2 is 2.41 bits per heavy atom. The van der Waals surface area contributed by atoms with Crippen LogP contribution in [-0.2, 0) is 11.3 Å². The lowest BCUT2D eigenvalue weighted by Crippen LogP contribution is -2.19. The van der Waals surface area contributed by atoms with E-state index in [1.807, 2.05) is 0 Å². The third-order valence-corrected chi connectivity index (χ3v) is 2.35. The first kappa shape index (κ1) is 11.2. The fourth-order valence-electron chi connectivity index (χ4n) is 1.55. The van der Waals surface area contributed by atoms with E-state index < -0.39 is 0 Å². The summed E-state index contributed by atoms with van der Waals surface area (Å²) in [5, 5.41) is 12.2. The van der Waals surface area contributed by atoms with Gasteiger partial charge in [0.2, 0.25) is 5.91 Å². The van der Waals surface area contributed by atoms with Crippen LogP contribution in [0.3, 0.4) is 0 Å². The van der Waals surface area contributed by atoms with Gasteiger partial charge in [0, 0.05) is 19.0 Å². The van der Waals surface area contributed by atoms with E-state index in [9.17, 15) is 9.90 Å². The molecule has 1 amide bonds. The van der Waals surface area contributed by atoms with Crippen molar-refractivity contribution in [1.82, 2.24) is 10.3 Å². The molecule has 17 heavy (non-hydrogen) atoms. The van der Waals surface area contributed by atoms with E-state index in [0.29, 0.717) is 23.5 Å². The number of benzene rings is 1. The van der Waals surface area contributed by atoms with Gasteiger partial charge in [-0.15, -0.1) is 0 Å². The molecule has 0 atom stereocenters. The molecule has 0 aliphatic rings. The quantitative estimate of drug-likeness (QED) is 0.789. The highest BCUT2D eigenvalue weighted by molar-refractivity contribution is 5.87. The van der Waals surface area contributed by atoms with Crippen molar-refractivity contribution in [2.75, 3.05) is 0 Å². The SMILES string of the molecule is C=CC(=O)NCc1ccc(O)c2nc(C)oc12. The van der Waals surface area contributed by atoms with Crippen LogP contribution in [0.2, 0.25) is 0 Å². The van der Waals surface area contributed by atoms with Crippen LogP contribution < -0.4 is 5.32 Å². The number of hydrogen-bond acceptors (Lipinski definition) is 4.